The summed E-state index contributed by atoms with van der Waals surface area (Å²) in [6, 6.07) is 0.514. The van der Waals surface area contributed by atoms with Crippen LogP contribution in [0.5, 0.6) is 0 Å². The number of nitrogens with zero attached hydrogens (tertiary/aromatic N) is 1. The third-order valence-corrected chi connectivity index (χ3v) is 5.44. The monoisotopic (exact) mass is 239 g/mol. The molecular formula is C14H25NO2. The average Bonchev–Trinajstić information content (AvgIpc) is 2.52. The molecule has 1 aliphatic carbocycles. The predicted molar refractivity (Wildman–Crippen MR) is 66.9 cm³/mol. The van der Waals surface area contributed by atoms with E-state index in [0.29, 0.717) is 12.0 Å². The number of β-amino-alcohol motifs (C(OH)–C–C–N with tert-alkyl or cyclic N) is 1. The first-order chi connectivity index (χ1) is 8.03. The molecular weight excluding hydrogens is 214 g/mol. The normalized spacial score (nSPS) is 46.1. The van der Waals surface area contributed by atoms with Gasteiger partial charge in [-0.05, 0) is 58.4 Å². The number of likely N-dealkylation sites (N-methyl/N-ethyl adjacent to an activating group) is 1. The average molecular weight is 239 g/mol. The van der Waals surface area contributed by atoms with E-state index >= 15 is 0 Å². The van der Waals surface area contributed by atoms with Crippen LogP contribution >= 0.6 is 0 Å². The summed E-state index contributed by atoms with van der Waals surface area (Å²) in [5.74, 6) is 0.448. The summed E-state index contributed by atoms with van der Waals surface area (Å²) in [5, 5.41) is 10.9. The van der Waals surface area contributed by atoms with Gasteiger partial charge in [-0.25, -0.2) is 0 Å². The molecule has 0 aromatic heterocycles. The van der Waals surface area contributed by atoms with E-state index in [1.54, 1.807) is 0 Å². The van der Waals surface area contributed by atoms with Gasteiger partial charge in [0.05, 0.1) is 11.2 Å². The highest BCUT2D eigenvalue weighted by atomic mass is 16.5. The second-order valence-corrected chi connectivity index (χ2v) is 6.65. The molecule has 0 aromatic rings. The molecule has 3 unspecified atom stereocenters. The van der Waals surface area contributed by atoms with Gasteiger partial charge in [0.2, 0.25) is 0 Å². The van der Waals surface area contributed by atoms with E-state index in [9.17, 15) is 5.11 Å². The molecule has 3 nitrogen and oxygen atoms in total. The Balaban J connectivity index is 1.71. The summed E-state index contributed by atoms with van der Waals surface area (Å²) in [5.41, 5.74) is -0.302. The Morgan fingerprint density at radius 3 is 2.59 bits per heavy atom. The molecule has 0 bridgehead atoms. The van der Waals surface area contributed by atoms with Crippen LogP contribution in [-0.2, 0) is 4.74 Å². The molecule has 3 atom stereocenters. The molecule has 17 heavy (non-hydrogen) atoms. The van der Waals surface area contributed by atoms with Crippen molar-refractivity contribution in [1.82, 2.24) is 4.90 Å². The van der Waals surface area contributed by atoms with Gasteiger partial charge >= 0.3 is 0 Å². The largest absolute Gasteiger partial charge is 0.388 e. The lowest BCUT2D eigenvalue weighted by atomic mass is 9.67. The molecule has 0 amide bonds. The second-order valence-electron chi connectivity index (χ2n) is 6.65. The number of hydrogen-bond donors (Lipinski definition) is 1. The Morgan fingerprint density at radius 2 is 2.06 bits per heavy atom. The lowest BCUT2D eigenvalue weighted by Crippen LogP contribution is -2.52. The van der Waals surface area contributed by atoms with Crippen molar-refractivity contribution in [2.24, 2.45) is 5.92 Å². The number of aliphatic hydroxyl groups is 1. The third kappa shape index (κ3) is 1.92. The summed E-state index contributed by atoms with van der Waals surface area (Å²) in [6.45, 7) is 3.91. The molecule has 2 saturated heterocycles. The minimum Gasteiger partial charge on any atom is -0.388 e. The number of hydrogen-bond acceptors (Lipinski definition) is 3. The minimum atomic E-state index is -0.458. The summed E-state index contributed by atoms with van der Waals surface area (Å²) >= 11 is 0. The third-order valence-electron chi connectivity index (χ3n) is 5.44. The van der Waals surface area contributed by atoms with Crippen molar-refractivity contribution < 1.29 is 9.84 Å². The Labute approximate surface area is 104 Å². The van der Waals surface area contributed by atoms with Crippen LogP contribution in [0.3, 0.4) is 0 Å². The SMILES string of the molecule is CC1CC(O)(C2CCOC3(CCC3)C2)CN1C. The highest BCUT2D eigenvalue weighted by Gasteiger charge is 2.51. The molecule has 0 radical (unpaired) electrons. The Kier molecular flexibility index (Phi) is 2.77. The first-order valence-corrected chi connectivity index (χ1v) is 7.10. The lowest BCUT2D eigenvalue weighted by Gasteiger charge is -2.50. The molecule has 2 aliphatic heterocycles. The van der Waals surface area contributed by atoms with E-state index < -0.39 is 5.60 Å². The van der Waals surface area contributed by atoms with Crippen LogP contribution < -0.4 is 0 Å². The molecule has 0 aromatic carbocycles. The second kappa shape index (κ2) is 3.94. The van der Waals surface area contributed by atoms with Gasteiger partial charge in [0.15, 0.2) is 0 Å². The van der Waals surface area contributed by atoms with Crippen molar-refractivity contribution in [1.29, 1.82) is 0 Å². The van der Waals surface area contributed by atoms with Crippen molar-refractivity contribution in [3.05, 3.63) is 0 Å². The van der Waals surface area contributed by atoms with E-state index in [1.807, 2.05) is 0 Å². The Bertz CT molecular complexity index is 291. The molecule has 3 fully saturated rings. The van der Waals surface area contributed by atoms with Gasteiger partial charge in [-0.15, -0.1) is 0 Å². The fourth-order valence-electron chi connectivity index (χ4n) is 4.02. The van der Waals surface area contributed by atoms with Crippen LogP contribution in [0.25, 0.3) is 0 Å². The van der Waals surface area contributed by atoms with Crippen molar-refractivity contribution in [2.45, 2.75) is 62.7 Å². The van der Waals surface area contributed by atoms with Gasteiger partial charge in [-0.3, -0.25) is 0 Å². The summed E-state index contributed by atoms with van der Waals surface area (Å²) < 4.78 is 5.97. The van der Waals surface area contributed by atoms with Crippen molar-refractivity contribution in [2.75, 3.05) is 20.2 Å². The first-order valence-electron chi connectivity index (χ1n) is 7.10. The summed E-state index contributed by atoms with van der Waals surface area (Å²) in [4.78, 5) is 2.29. The molecule has 1 spiro atoms. The zero-order valence-electron chi connectivity index (χ0n) is 11.1. The number of ether oxygens (including phenoxy) is 1. The highest BCUT2D eigenvalue weighted by molar-refractivity contribution is 5.04. The molecule has 3 rings (SSSR count). The molecule has 3 heteroatoms. The van der Waals surface area contributed by atoms with Gasteiger partial charge in [-0.1, -0.05) is 0 Å². The highest BCUT2D eigenvalue weighted by Crippen LogP contribution is 2.48. The molecule has 3 aliphatic rings. The van der Waals surface area contributed by atoms with Crippen LogP contribution in [0.2, 0.25) is 0 Å². The van der Waals surface area contributed by atoms with Crippen LogP contribution in [0.4, 0.5) is 0 Å². The standard InChI is InChI=1S/C14H25NO2/c1-11-8-14(16,10-15(11)2)12-4-7-17-13(9-12)5-3-6-13/h11-12,16H,3-10H2,1-2H3. The maximum atomic E-state index is 10.9. The molecule has 1 saturated carbocycles. The van der Waals surface area contributed by atoms with Gasteiger partial charge in [0, 0.05) is 19.2 Å². The topological polar surface area (TPSA) is 32.7 Å². The van der Waals surface area contributed by atoms with Gasteiger partial charge in [-0.2, -0.15) is 0 Å². The van der Waals surface area contributed by atoms with Crippen LogP contribution in [0.15, 0.2) is 0 Å². The maximum absolute atomic E-state index is 10.9. The van der Waals surface area contributed by atoms with E-state index in [2.05, 4.69) is 18.9 Å². The van der Waals surface area contributed by atoms with Crippen LogP contribution in [-0.4, -0.2) is 47.4 Å². The maximum Gasteiger partial charge on any atom is 0.0818 e. The minimum absolute atomic E-state index is 0.156. The number of rotatable bonds is 1. The van der Waals surface area contributed by atoms with Gasteiger partial charge in [0.1, 0.15) is 0 Å². The predicted octanol–water partition coefficient (Wildman–Crippen LogP) is 1.79. The molecule has 2 heterocycles. The zero-order chi connectivity index (χ0) is 12.1. The van der Waals surface area contributed by atoms with E-state index in [4.69, 9.17) is 4.74 Å². The smallest absolute Gasteiger partial charge is 0.0818 e. The van der Waals surface area contributed by atoms with Crippen LogP contribution in [0.1, 0.15) is 45.4 Å². The van der Waals surface area contributed by atoms with E-state index in [-0.39, 0.29) is 5.60 Å². The van der Waals surface area contributed by atoms with Crippen molar-refractivity contribution >= 4 is 0 Å². The van der Waals surface area contributed by atoms with E-state index in [1.165, 1.54) is 19.3 Å². The van der Waals surface area contributed by atoms with Crippen LogP contribution in [0, 0.1) is 5.92 Å². The lowest BCUT2D eigenvalue weighted by molar-refractivity contribution is -0.172. The summed E-state index contributed by atoms with van der Waals surface area (Å²) in [6.07, 6.45) is 6.80. The van der Waals surface area contributed by atoms with Crippen molar-refractivity contribution in [3.8, 4) is 0 Å². The molecule has 98 valence electrons. The fraction of sp³-hybridized carbons (Fsp3) is 1.00. The number of likely N-dealkylation sites (tertiary alicyclic amines) is 1. The zero-order valence-corrected chi connectivity index (χ0v) is 11.1. The first kappa shape index (κ1) is 11.9. The quantitative estimate of drug-likeness (QED) is 0.757. The summed E-state index contributed by atoms with van der Waals surface area (Å²) in [7, 11) is 2.13. The van der Waals surface area contributed by atoms with Crippen molar-refractivity contribution in [3.63, 3.8) is 0 Å². The fourth-order valence-corrected chi connectivity index (χ4v) is 4.02. The van der Waals surface area contributed by atoms with E-state index in [0.717, 1.165) is 32.4 Å². The van der Waals surface area contributed by atoms with Gasteiger partial charge in [0.25, 0.3) is 0 Å². The molecule has 1 N–H and O–H groups in total. The van der Waals surface area contributed by atoms with Gasteiger partial charge < -0.3 is 14.7 Å². The Hall–Kier alpha value is -0.120. The Morgan fingerprint density at radius 1 is 1.29 bits per heavy atom.